The van der Waals surface area contributed by atoms with Crippen LogP contribution < -0.4 is 5.32 Å². The molecule has 156 valence electrons. The summed E-state index contributed by atoms with van der Waals surface area (Å²) in [6.07, 6.45) is 1.99. The SMILES string of the molecule is CSc1ccc(NC(=O)CN2CCN(S(=O)(=O)c3cccc(Cl)c3Cl)CC2)cc1. The molecule has 0 spiro atoms. The molecule has 29 heavy (non-hydrogen) atoms. The first kappa shape index (κ1) is 22.4. The van der Waals surface area contributed by atoms with Gasteiger partial charge in [0.1, 0.15) is 4.90 Å². The summed E-state index contributed by atoms with van der Waals surface area (Å²) < 4.78 is 27.1. The van der Waals surface area contributed by atoms with Crippen LogP contribution in [-0.2, 0) is 14.8 Å². The summed E-state index contributed by atoms with van der Waals surface area (Å²) in [4.78, 5) is 15.4. The Kier molecular flexibility index (Phi) is 7.47. The van der Waals surface area contributed by atoms with Crippen molar-refractivity contribution in [1.29, 1.82) is 0 Å². The Labute approximate surface area is 185 Å². The molecule has 1 N–H and O–H groups in total. The maximum atomic E-state index is 12.9. The molecule has 0 radical (unpaired) electrons. The molecule has 1 saturated heterocycles. The Morgan fingerprint density at radius 1 is 1.07 bits per heavy atom. The Morgan fingerprint density at radius 3 is 2.34 bits per heavy atom. The molecule has 1 heterocycles. The van der Waals surface area contributed by atoms with Crippen molar-refractivity contribution in [3.05, 3.63) is 52.5 Å². The van der Waals surface area contributed by atoms with Crippen molar-refractivity contribution in [1.82, 2.24) is 9.21 Å². The van der Waals surface area contributed by atoms with Gasteiger partial charge in [0.2, 0.25) is 15.9 Å². The minimum atomic E-state index is -3.73. The summed E-state index contributed by atoms with van der Waals surface area (Å²) in [7, 11) is -3.73. The Balaban J connectivity index is 1.55. The Morgan fingerprint density at radius 2 is 1.72 bits per heavy atom. The Bertz CT molecular complexity index is 977. The van der Waals surface area contributed by atoms with Gasteiger partial charge in [-0.05, 0) is 42.7 Å². The number of carbonyl (C=O) groups excluding carboxylic acids is 1. The smallest absolute Gasteiger partial charge is 0.244 e. The van der Waals surface area contributed by atoms with Crippen LogP contribution in [-0.4, -0.2) is 62.5 Å². The van der Waals surface area contributed by atoms with E-state index in [1.807, 2.05) is 35.4 Å². The summed E-state index contributed by atoms with van der Waals surface area (Å²) in [5.74, 6) is -0.129. The van der Waals surface area contributed by atoms with Gasteiger partial charge in [0.05, 0.1) is 16.6 Å². The number of nitrogens with one attached hydrogen (secondary N) is 1. The lowest BCUT2D eigenvalue weighted by Gasteiger charge is -2.33. The van der Waals surface area contributed by atoms with Crippen LogP contribution in [0.25, 0.3) is 0 Å². The molecule has 2 aromatic rings. The number of carbonyl (C=O) groups is 1. The average molecular weight is 474 g/mol. The van der Waals surface area contributed by atoms with Crippen LogP contribution in [0.1, 0.15) is 0 Å². The number of nitrogens with zero attached hydrogens (tertiary/aromatic N) is 2. The van der Waals surface area contributed by atoms with E-state index in [2.05, 4.69) is 5.32 Å². The Hall–Kier alpha value is -1.29. The number of anilines is 1. The van der Waals surface area contributed by atoms with Crippen LogP contribution >= 0.6 is 35.0 Å². The predicted molar refractivity (Wildman–Crippen MR) is 119 cm³/mol. The molecule has 0 aliphatic carbocycles. The van der Waals surface area contributed by atoms with Crippen LogP contribution in [0.5, 0.6) is 0 Å². The van der Waals surface area contributed by atoms with E-state index in [0.717, 1.165) is 10.6 Å². The zero-order valence-electron chi connectivity index (χ0n) is 15.8. The highest BCUT2D eigenvalue weighted by Gasteiger charge is 2.31. The lowest BCUT2D eigenvalue weighted by Crippen LogP contribution is -2.50. The fourth-order valence-electron chi connectivity index (χ4n) is 3.03. The normalized spacial score (nSPS) is 16.0. The second-order valence-electron chi connectivity index (χ2n) is 6.51. The van der Waals surface area contributed by atoms with E-state index < -0.39 is 10.0 Å². The summed E-state index contributed by atoms with van der Waals surface area (Å²) in [6.45, 7) is 1.67. The maximum Gasteiger partial charge on any atom is 0.244 e. The molecule has 3 rings (SSSR count). The van der Waals surface area contributed by atoms with Gasteiger partial charge in [-0.25, -0.2) is 8.42 Å². The molecule has 1 fully saturated rings. The second-order valence-corrected chi connectivity index (χ2v) is 10.1. The molecule has 0 saturated carbocycles. The molecule has 2 aromatic carbocycles. The zero-order valence-corrected chi connectivity index (χ0v) is 18.9. The van der Waals surface area contributed by atoms with Gasteiger partial charge in [-0.1, -0.05) is 29.3 Å². The summed E-state index contributed by atoms with van der Waals surface area (Å²) in [6, 6.07) is 12.2. The van der Waals surface area contributed by atoms with Gasteiger partial charge < -0.3 is 5.32 Å². The van der Waals surface area contributed by atoms with Crippen LogP contribution in [0.3, 0.4) is 0 Å². The first-order valence-electron chi connectivity index (χ1n) is 8.91. The molecule has 0 aromatic heterocycles. The van der Waals surface area contributed by atoms with Crippen molar-refractivity contribution in [3.8, 4) is 0 Å². The highest BCUT2D eigenvalue weighted by atomic mass is 35.5. The first-order valence-corrected chi connectivity index (χ1v) is 12.3. The largest absolute Gasteiger partial charge is 0.325 e. The number of halogens is 2. The van der Waals surface area contributed by atoms with Gasteiger partial charge in [-0.15, -0.1) is 11.8 Å². The number of thioether (sulfide) groups is 1. The van der Waals surface area contributed by atoms with E-state index >= 15 is 0 Å². The highest BCUT2D eigenvalue weighted by molar-refractivity contribution is 7.98. The summed E-state index contributed by atoms with van der Waals surface area (Å²) in [5, 5.41) is 3.10. The molecular weight excluding hydrogens is 453 g/mol. The van der Waals surface area contributed by atoms with E-state index in [1.165, 1.54) is 10.4 Å². The standard InChI is InChI=1S/C19H21Cl2N3O3S2/c1-28-15-7-5-14(6-8-15)22-18(25)13-23-9-11-24(12-10-23)29(26,27)17-4-2-3-16(20)19(17)21/h2-8H,9-13H2,1H3,(H,22,25). The van der Waals surface area contributed by atoms with Crippen molar-refractivity contribution in [2.24, 2.45) is 0 Å². The number of piperazine rings is 1. The molecule has 6 nitrogen and oxygen atoms in total. The molecule has 10 heteroatoms. The number of rotatable bonds is 6. The fraction of sp³-hybridized carbons (Fsp3) is 0.316. The zero-order chi connectivity index (χ0) is 21.0. The molecule has 0 atom stereocenters. The predicted octanol–water partition coefficient (Wildman–Crippen LogP) is 3.66. The summed E-state index contributed by atoms with van der Waals surface area (Å²) in [5.41, 5.74) is 0.740. The number of amides is 1. The quantitative estimate of drug-likeness (QED) is 0.648. The summed E-state index contributed by atoms with van der Waals surface area (Å²) >= 11 is 13.7. The van der Waals surface area contributed by atoms with Gasteiger partial charge in [-0.3, -0.25) is 9.69 Å². The van der Waals surface area contributed by atoms with E-state index in [1.54, 1.807) is 23.9 Å². The van der Waals surface area contributed by atoms with Gasteiger partial charge in [-0.2, -0.15) is 4.31 Å². The molecule has 1 amide bonds. The topological polar surface area (TPSA) is 69.7 Å². The van der Waals surface area contributed by atoms with E-state index in [0.29, 0.717) is 13.1 Å². The number of sulfonamides is 1. The average Bonchev–Trinajstić information content (AvgIpc) is 2.71. The molecule has 0 bridgehead atoms. The number of hydrogen-bond donors (Lipinski definition) is 1. The highest BCUT2D eigenvalue weighted by Crippen LogP contribution is 2.31. The lowest BCUT2D eigenvalue weighted by molar-refractivity contribution is -0.117. The third-order valence-corrected chi connectivity index (χ3v) is 8.22. The van der Waals surface area contributed by atoms with Crippen LogP contribution in [0, 0.1) is 0 Å². The monoisotopic (exact) mass is 473 g/mol. The fourth-order valence-corrected chi connectivity index (χ4v) is 5.59. The molecule has 1 aliphatic heterocycles. The lowest BCUT2D eigenvalue weighted by atomic mass is 10.3. The third kappa shape index (κ3) is 5.45. The number of benzene rings is 2. The first-order chi connectivity index (χ1) is 13.8. The molecule has 0 unspecified atom stereocenters. The minimum absolute atomic E-state index is 0.00606. The van der Waals surface area contributed by atoms with Gasteiger partial charge in [0, 0.05) is 36.8 Å². The molecule has 1 aliphatic rings. The van der Waals surface area contributed by atoms with Crippen molar-refractivity contribution in [2.45, 2.75) is 9.79 Å². The molecular formula is C19H21Cl2N3O3S2. The third-order valence-electron chi connectivity index (χ3n) is 4.61. The van der Waals surface area contributed by atoms with Crippen LogP contribution in [0.15, 0.2) is 52.3 Å². The van der Waals surface area contributed by atoms with E-state index in [4.69, 9.17) is 23.2 Å². The van der Waals surface area contributed by atoms with E-state index in [9.17, 15) is 13.2 Å². The van der Waals surface area contributed by atoms with Crippen molar-refractivity contribution < 1.29 is 13.2 Å². The van der Waals surface area contributed by atoms with Crippen molar-refractivity contribution in [2.75, 3.05) is 44.3 Å². The van der Waals surface area contributed by atoms with Crippen molar-refractivity contribution in [3.63, 3.8) is 0 Å². The minimum Gasteiger partial charge on any atom is -0.325 e. The maximum absolute atomic E-state index is 12.9. The van der Waals surface area contributed by atoms with E-state index in [-0.39, 0.29) is 40.5 Å². The van der Waals surface area contributed by atoms with Gasteiger partial charge in [0.25, 0.3) is 0 Å². The van der Waals surface area contributed by atoms with Crippen LogP contribution in [0.4, 0.5) is 5.69 Å². The number of hydrogen-bond acceptors (Lipinski definition) is 5. The van der Waals surface area contributed by atoms with Crippen LogP contribution in [0.2, 0.25) is 10.0 Å². The van der Waals surface area contributed by atoms with Crippen molar-refractivity contribution >= 4 is 56.6 Å². The second kappa shape index (κ2) is 9.68. The van der Waals surface area contributed by atoms with Gasteiger partial charge in [0.15, 0.2) is 0 Å². The van der Waals surface area contributed by atoms with Gasteiger partial charge >= 0.3 is 0 Å².